The number of nitrogens with zero attached hydrogens (tertiary/aromatic N) is 2. The molecule has 4 aromatic rings. The molecule has 0 spiro atoms. The summed E-state index contributed by atoms with van der Waals surface area (Å²) in [5.41, 5.74) is 0.367. The first-order valence-corrected chi connectivity index (χ1v) is 12.4. The molecular weight excluding hydrogens is 493 g/mol. The number of aromatic nitrogens is 2. The van der Waals surface area contributed by atoms with E-state index in [4.69, 9.17) is 0 Å². The number of aliphatic hydroxyl groups excluding tert-OH is 1. The summed E-state index contributed by atoms with van der Waals surface area (Å²) in [6.07, 6.45) is -2.17. The summed E-state index contributed by atoms with van der Waals surface area (Å²) in [6, 6.07) is 22.4. The lowest BCUT2D eigenvalue weighted by molar-refractivity contribution is -0.137. The van der Waals surface area contributed by atoms with Crippen molar-refractivity contribution in [1.82, 2.24) is 9.97 Å². The van der Waals surface area contributed by atoms with Gasteiger partial charge in [-0.2, -0.15) is 13.2 Å². The van der Waals surface area contributed by atoms with Crippen molar-refractivity contribution in [2.24, 2.45) is 5.92 Å². The Balaban J connectivity index is 1.24. The highest BCUT2D eigenvalue weighted by molar-refractivity contribution is 6.04. The number of piperidine rings is 1. The maximum atomic E-state index is 13.7. The normalized spacial score (nSPS) is 15.3. The number of aromatic amines is 1. The number of anilines is 2. The van der Waals surface area contributed by atoms with Gasteiger partial charge in [0.1, 0.15) is 11.5 Å². The molecule has 1 unspecified atom stereocenters. The van der Waals surface area contributed by atoms with Crippen LogP contribution in [0.2, 0.25) is 0 Å². The number of halogens is 3. The SMILES string of the molecule is O=C(Nc1ccc(N2CCC(C(O)c3ccccc3)CC2)nc1)c1[nH]c(-c2ccccc2)cc1C(F)(F)F. The van der Waals surface area contributed by atoms with Crippen LogP contribution in [0, 0.1) is 5.92 Å². The summed E-state index contributed by atoms with van der Waals surface area (Å²) in [5, 5.41) is 13.2. The summed E-state index contributed by atoms with van der Waals surface area (Å²) < 4.78 is 41.0. The maximum absolute atomic E-state index is 13.7. The Hall–Kier alpha value is -4.11. The van der Waals surface area contributed by atoms with E-state index in [-0.39, 0.29) is 17.3 Å². The highest BCUT2D eigenvalue weighted by Crippen LogP contribution is 2.36. The highest BCUT2D eigenvalue weighted by atomic mass is 19.4. The number of nitrogens with one attached hydrogen (secondary N) is 2. The summed E-state index contributed by atoms with van der Waals surface area (Å²) in [4.78, 5) is 22.0. The minimum Gasteiger partial charge on any atom is -0.388 e. The zero-order valence-corrected chi connectivity index (χ0v) is 20.4. The molecule has 3 heterocycles. The van der Waals surface area contributed by atoms with Crippen molar-refractivity contribution in [2.45, 2.75) is 25.1 Å². The molecule has 196 valence electrons. The minimum absolute atomic E-state index is 0.150. The molecule has 0 radical (unpaired) electrons. The Morgan fingerprint density at radius 1 is 1.00 bits per heavy atom. The van der Waals surface area contributed by atoms with Gasteiger partial charge in [-0.25, -0.2) is 4.98 Å². The second-order valence-corrected chi connectivity index (χ2v) is 9.37. The summed E-state index contributed by atoms with van der Waals surface area (Å²) >= 11 is 0. The summed E-state index contributed by atoms with van der Waals surface area (Å²) in [7, 11) is 0. The van der Waals surface area contributed by atoms with Crippen LogP contribution in [0.15, 0.2) is 85.1 Å². The van der Waals surface area contributed by atoms with E-state index in [1.54, 1.807) is 42.5 Å². The Labute approximate surface area is 218 Å². The van der Waals surface area contributed by atoms with Crippen LogP contribution in [0.4, 0.5) is 24.7 Å². The van der Waals surface area contributed by atoms with E-state index in [0.717, 1.165) is 24.5 Å². The topological polar surface area (TPSA) is 81.2 Å². The van der Waals surface area contributed by atoms with Crippen molar-refractivity contribution in [1.29, 1.82) is 0 Å². The first kappa shape index (κ1) is 25.5. The van der Waals surface area contributed by atoms with Crippen molar-refractivity contribution >= 4 is 17.4 Å². The number of H-pyrrole nitrogens is 1. The van der Waals surface area contributed by atoms with Crippen molar-refractivity contribution in [2.75, 3.05) is 23.3 Å². The van der Waals surface area contributed by atoms with E-state index in [1.165, 1.54) is 6.20 Å². The number of hydrogen-bond acceptors (Lipinski definition) is 4. The molecule has 3 N–H and O–H groups in total. The van der Waals surface area contributed by atoms with Gasteiger partial charge in [0.15, 0.2) is 0 Å². The standard InChI is InChI=1S/C29H27F3N4O2/c30-29(31,32)23-17-24(19-7-3-1-4-8-19)35-26(23)28(38)34-22-11-12-25(33-18-22)36-15-13-21(14-16-36)27(37)20-9-5-2-6-10-20/h1-12,17-18,21,27,35,37H,13-16H2,(H,34,38). The molecule has 1 saturated heterocycles. The lowest BCUT2D eigenvalue weighted by atomic mass is 9.87. The number of hydrogen-bond donors (Lipinski definition) is 3. The Morgan fingerprint density at radius 3 is 2.26 bits per heavy atom. The number of benzene rings is 2. The third kappa shape index (κ3) is 5.57. The Kier molecular flexibility index (Phi) is 7.20. The van der Waals surface area contributed by atoms with Crippen LogP contribution in [0.3, 0.4) is 0 Å². The molecule has 6 nitrogen and oxygen atoms in total. The molecule has 1 aliphatic heterocycles. The van der Waals surface area contributed by atoms with E-state index in [0.29, 0.717) is 24.5 Å². The second kappa shape index (κ2) is 10.7. The van der Waals surface area contributed by atoms with E-state index >= 15 is 0 Å². The molecule has 0 aliphatic carbocycles. The van der Waals surface area contributed by atoms with Gasteiger partial charge in [0, 0.05) is 18.8 Å². The molecule has 0 bridgehead atoms. The smallest absolute Gasteiger partial charge is 0.388 e. The molecule has 5 rings (SSSR count). The fourth-order valence-electron chi connectivity index (χ4n) is 4.84. The number of alkyl halides is 3. The molecule has 2 aromatic heterocycles. The third-order valence-electron chi connectivity index (χ3n) is 6.89. The van der Waals surface area contributed by atoms with Crippen molar-refractivity contribution in [3.05, 3.63) is 102 Å². The number of aliphatic hydroxyl groups is 1. The van der Waals surface area contributed by atoms with Gasteiger partial charge in [0.05, 0.1) is 23.6 Å². The van der Waals surface area contributed by atoms with Gasteiger partial charge in [0.25, 0.3) is 5.91 Å². The van der Waals surface area contributed by atoms with Gasteiger partial charge in [-0.05, 0) is 48.1 Å². The molecule has 1 aliphatic rings. The number of rotatable bonds is 6. The lowest BCUT2D eigenvalue weighted by Crippen LogP contribution is -2.36. The number of amides is 1. The van der Waals surface area contributed by atoms with Crippen LogP contribution in [0.5, 0.6) is 0 Å². The third-order valence-corrected chi connectivity index (χ3v) is 6.89. The lowest BCUT2D eigenvalue weighted by Gasteiger charge is -2.35. The van der Waals surface area contributed by atoms with Gasteiger partial charge in [-0.1, -0.05) is 60.7 Å². The average Bonchev–Trinajstić information content (AvgIpc) is 3.41. The number of pyridine rings is 1. The van der Waals surface area contributed by atoms with E-state index in [1.807, 2.05) is 30.3 Å². The zero-order chi connectivity index (χ0) is 26.7. The number of carbonyl (C=O) groups is 1. The quantitative estimate of drug-likeness (QED) is 0.279. The molecular formula is C29H27F3N4O2. The van der Waals surface area contributed by atoms with Crippen molar-refractivity contribution in [3.8, 4) is 11.3 Å². The highest BCUT2D eigenvalue weighted by Gasteiger charge is 2.37. The number of carbonyl (C=O) groups excluding carboxylic acids is 1. The van der Waals surface area contributed by atoms with Crippen LogP contribution in [0.25, 0.3) is 11.3 Å². The Bertz CT molecular complexity index is 1360. The molecule has 9 heteroatoms. The minimum atomic E-state index is -4.70. The van der Waals surface area contributed by atoms with Crippen molar-refractivity contribution in [3.63, 3.8) is 0 Å². The summed E-state index contributed by atoms with van der Waals surface area (Å²) in [5.74, 6) is -0.0424. The van der Waals surface area contributed by atoms with Crippen molar-refractivity contribution < 1.29 is 23.1 Å². The predicted octanol–water partition coefficient (Wildman–Crippen LogP) is 6.30. The van der Waals surface area contributed by atoms with Gasteiger partial charge in [-0.15, -0.1) is 0 Å². The fourth-order valence-corrected chi connectivity index (χ4v) is 4.84. The summed E-state index contributed by atoms with van der Waals surface area (Å²) in [6.45, 7) is 1.43. The zero-order valence-electron chi connectivity index (χ0n) is 20.4. The molecule has 2 aromatic carbocycles. The predicted molar refractivity (Wildman–Crippen MR) is 140 cm³/mol. The fraction of sp³-hybridized carbons (Fsp3) is 0.241. The first-order valence-electron chi connectivity index (χ1n) is 12.4. The van der Waals surface area contributed by atoms with Gasteiger partial charge in [-0.3, -0.25) is 4.79 Å². The largest absolute Gasteiger partial charge is 0.418 e. The van der Waals surface area contributed by atoms with Crippen LogP contribution >= 0.6 is 0 Å². The van der Waals surface area contributed by atoms with E-state index in [2.05, 4.69) is 20.2 Å². The van der Waals surface area contributed by atoms with Gasteiger partial charge < -0.3 is 20.3 Å². The molecule has 38 heavy (non-hydrogen) atoms. The van der Waals surface area contributed by atoms with Crippen LogP contribution in [-0.2, 0) is 6.18 Å². The average molecular weight is 521 g/mol. The molecule has 1 amide bonds. The maximum Gasteiger partial charge on any atom is 0.418 e. The van der Waals surface area contributed by atoms with Crippen LogP contribution in [-0.4, -0.2) is 34.1 Å². The monoisotopic (exact) mass is 520 g/mol. The molecule has 1 atom stereocenters. The van der Waals surface area contributed by atoms with E-state index < -0.39 is 29.4 Å². The Morgan fingerprint density at radius 2 is 1.66 bits per heavy atom. The van der Waals surface area contributed by atoms with E-state index in [9.17, 15) is 23.1 Å². The molecule has 0 saturated carbocycles. The van der Waals surface area contributed by atoms with Crippen LogP contribution in [0.1, 0.15) is 40.6 Å². The van der Waals surface area contributed by atoms with Gasteiger partial charge >= 0.3 is 6.18 Å². The first-order chi connectivity index (χ1) is 18.3. The van der Waals surface area contributed by atoms with Gasteiger partial charge in [0.2, 0.25) is 0 Å². The second-order valence-electron chi connectivity index (χ2n) is 9.37. The molecule has 1 fully saturated rings. The van der Waals surface area contributed by atoms with Crippen LogP contribution < -0.4 is 10.2 Å².